The Labute approximate surface area is 91.0 Å². The summed E-state index contributed by atoms with van der Waals surface area (Å²) in [5, 5.41) is 4.20. The lowest BCUT2D eigenvalue weighted by Gasteiger charge is -2.20. The Bertz CT molecular complexity index is 292. The van der Waals surface area contributed by atoms with Crippen molar-refractivity contribution in [3.63, 3.8) is 0 Å². The molecule has 1 unspecified atom stereocenters. The van der Waals surface area contributed by atoms with Gasteiger partial charge in [0.25, 0.3) is 0 Å². The minimum Gasteiger partial charge on any atom is -0.271 e. The standard InChI is InChI=1S/C10H21N5/c1-7(2)9(14-11)5-10-12-6-13-15(10)8(3)4/h6-9,14H,5,11H2,1-4H3. The summed E-state index contributed by atoms with van der Waals surface area (Å²) in [6.07, 6.45) is 2.41. The zero-order chi connectivity index (χ0) is 11.4. The maximum Gasteiger partial charge on any atom is 0.138 e. The first-order chi connectivity index (χ1) is 7.06. The third-order valence-electron chi connectivity index (χ3n) is 2.56. The zero-order valence-electron chi connectivity index (χ0n) is 9.94. The van der Waals surface area contributed by atoms with E-state index in [1.54, 1.807) is 6.33 Å². The van der Waals surface area contributed by atoms with Crippen molar-refractivity contribution in [2.75, 3.05) is 0 Å². The van der Waals surface area contributed by atoms with Gasteiger partial charge in [0.05, 0.1) is 0 Å². The smallest absolute Gasteiger partial charge is 0.138 e. The lowest BCUT2D eigenvalue weighted by molar-refractivity contribution is 0.383. The van der Waals surface area contributed by atoms with Crippen LogP contribution in [0.3, 0.4) is 0 Å². The van der Waals surface area contributed by atoms with Crippen molar-refractivity contribution in [3.05, 3.63) is 12.2 Å². The van der Waals surface area contributed by atoms with Crippen molar-refractivity contribution < 1.29 is 0 Å². The Balaban J connectivity index is 2.74. The van der Waals surface area contributed by atoms with Crippen molar-refractivity contribution in [3.8, 4) is 0 Å². The van der Waals surface area contributed by atoms with E-state index in [-0.39, 0.29) is 6.04 Å². The van der Waals surface area contributed by atoms with Gasteiger partial charge in [-0.2, -0.15) is 5.10 Å². The van der Waals surface area contributed by atoms with Crippen LogP contribution in [0.1, 0.15) is 39.6 Å². The average Bonchev–Trinajstić information content (AvgIpc) is 2.61. The van der Waals surface area contributed by atoms with Crippen LogP contribution in [-0.4, -0.2) is 20.8 Å². The quantitative estimate of drug-likeness (QED) is 0.560. The van der Waals surface area contributed by atoms with Crippen LogP contribution in [0.25, 0.3) is 0 Å². The topological polar surface area (TPSA) is 68.8 Å². The monoisotopic (exact) mass is 211 g/mol. The molecule has 1 atom stereocenters. The lowest BCUT2D eigenvalue weighted by atomic mass is 10.0. The second-order valence-electron chi connectivity index (χ2n) is 4.44. The Morgan fingerprint density at radius 3 is 2.53 bits per heavy atom. The van der Waals surface area contributed by atoms with E-state index in [0.29, 0.717) is 12.0 Å². The van der Waals surface area contributed by atoms with E-state index in [4.69, 9.17) is 5.84 Å². The third kappa shape index (κ3) is 3.00. The van der Waals surface area contributed by atoms with Crippen LogP contribution in [0.4, 0.5) is 0 Å². The molecular weight excluding hydrogens is 190 g/mol. The highest BCUT2D eigenvalue weighted by Gasteiger charge is 2.16. The molecule has 0 fully saturated rings. The van der Waals surface area contributed by atoms with Crippen LogP contribution in [0.2, 0.25) is 0 Å². The summed E-state index contributed by atoms with van der Waals surface area (Å²) in [7, 11) is 0. The molecular formula is C10H21N5. The van der Waals surface area contributed by atoms with Crippen molar-refractivity contribution in [2.24, 2.45) is 11.8 Å². The largest absolute Gasteiger partial charge is 0.271 e. The molecule has 1 rings (SSSR count). The summed E-state index contributed by atoms with van der Waals surface area (Å²) in [4.78, 5) is 4.26. The average molecular weight is 211 g/mol. The molecule has 0 aliphatic heterocycles. The highest BCUT2D eigenvalue weighted by Crippen LogP contribution is 2.11. The van der Waals surface area contributed by atoms with Crippen LogP contribution in [0, 0.1) is 5.92 Å². The number of rotatable bonds is 5. The van der Waals surface area contributed by atoms with Crippen molar-refractivity contribution >= 4 is 0 Å². The van der Waals surface area contributed by atoms with Gasteiger partial charge < -0.3 is 0 Å². The molecule has 0 saturated carbocycles. The molecule has 0 amide bonds. The van der Waals surface area contributed by atoms with Crippen LogP contribution in [0.15, 0.2) is 6.33 Å². The minimum atomic E-state index is 0.242. The van der Waals surface area contributed by atoms with Gasteiger partial charge in [0.2, 0.25) is 0 Å². The number of hydrogen-bond acceptors (Lipinski definition) is 4. The van der Waals surface area contributed by atoms with Gasteiger partial charge in [0.15, 0.2) is 0 Å². The van der Waals surface area contributed by atoms with E-state index >= 15 is 0 Å². The van der Waals surface area contributed by atoms with E-state index < -0.39 is 0 Å². The second kappa shape index (κ2) is 5.23. The molecule has 1 heterocycles. The first-order valence-electron chi connectivity index (χ1n) is 5.40. The number of nitrogens with zero attached hydrogens (tertiary/aromatic N) is 3. The summed E-state index contributed by atoms with van der Waals surface area (Å²) in [6.45, 7) is 8.47. The Morgan fingerprint density at radius 2 is 2.07 bits per heavy atom. The van der Waals surface area contributed by atoms with Crippen molar-refractivity contribution in [1.82, 2.24) is 20.2 Å². The molecule has 5 nitrogen and oxygen atoms in total. The van der Waals surface area contributed by atoms with Gasteiger partial charge in [0.1, 0.15) is 12.2 Å². The molecule has 5 heteroatoms. The van der Waals surface area contributed by atoms with Gasteiger partial charge in [-0.25, -0.2) is 9.67 Å². The van der Waals surface area contributed by atoms with Crippen molar-refractivity contribution in [1.29, 1.82) is 0 Å². The Hall–Kier alpha value is -0.940. The fourth-order valence-corrected chi connectivity index (χ4v) is 1.54. The van der Waals surface area contributed by atoms with Crippen LogP contribution >= 0.6 is 0 Å². The van der Waals surface area contributed by atoms with E-state index in [9.17, 15) is 0 Å². The fourth-order valence-electron chi connectivity index (χ4n) is 1.54. The fraction of sp³-hybridized carbons (Fsp3) is 0.800. The SMILES string of the molecule is CC(C)C(Cc1ncnn1C(C)C)NN. The van der Waals surface area contributed by atoms with Gasteiger partial charge in [-0.1, -0.05) is 13.8 Å². The summed E-state index contributed by atoms with van der Waals surface area (Å²) < 4.78 is 1.94. The summed E-state index contributed by atoms with van der Waals surface area (Å²) in [5.41, 5.74) is 2.82. The third-order valence-corrected chi connectivity index (χ3v) is 2.56. The summed E-state index contributed by atoms with van der Waals surface area (Å²) >= 11 is 0. The molecule has 3 N–H and O–H groups in total. The zero-order valence-corrected chi connectivity index (χ0v) is 9.94. The van der Waals surface area contributed by atoms with Crippen LogP contribution in [-0.2, 0) is 6.42 Å². The van der Waals surface area contributed by atoms with E-state index in [1.165, 1.54) is 0 Å². The molecule has 0 spiro atoms. The number of nitrogens with two attached hydrogens (primary N) is 1. The maximum atomic E-state index is 5.51. The minimum absolute atomic E-state index is 0.242. The molecule has 0 aliphatic carbocycles. The number of aromatic nitrogens is 3. The predicted molar refractivity (Wildman–Crippen MR) is 60.1 cm³/mol. The highest BCUT2D eigenvalue weighted by atomic mass is 15.3. The Morgan fingerprint density at radius 1 is 1.40 bits per heavy atom. The lowest BCUT2D eigenvalue weighted by Crippen LogP contribution is -2.41. The van der Waals surface area contributed by atoms with E-state index in [0.717, 1.165) is 12.2 Å². The molecule has 0 radical (unpaired) electrons. The van der Waals surface area contributed by atoms with Gasteiger partial charge in [-0.3, -0.25) is 11.3 Å². The van der Waals surface area contributed by atoms with E-state index in [1.807, 2.05) is 4.68 Å². The molecule has 1 aromatic rings. The summed E-state index contributed by atoms with van der Waals surface area (Å²) in [6, 6.07) is 0.583. The first kappa shape index (κ1) is 12.1. The van der Waals surface area contributed by atoms with Gasteiger partial charge >= 0.3 is 0 Å². The number of hydrogen-bond donors (Lipinski definition) is 2. The van der Waals surface area contributed by atoms with Crippen LogP contribution < -0.4 is 11.3 Å². The molecule has 15 heavy (non-hydrogen) atoms. The molecule has 0 aliphatic rings. The van der Waals surface area contributed by atoms with Crippen molar-refractivity contribution in [2.45, 2.75) is 46.2 Å². The normalized spacial score (nSPS) is 13.8. The number of hydrazine groups is 1. The molecule has 86 valence electrons. The first-order valence-corrected chi connectivity index (χ1v) is 5.40. The molecule has 1 aromatic heterocycles. The van der Waals surface area contributed by atoms with Gasteiger partial charge in [-0.05, 0) is 19.8 Å². The number of nitrogens with one attached hydrogen (secondary N) is 1. The second-order valence-corrected chi connectivity index (χ2v) is 4.44. The predicted octanol–water partition coefficient (Wildman–Crippen LogP) is 0.889. The van der Waals surface area contributed by atoms with Crippen LogP contribution in [0.5, 0.6) is 0 Å². The molecule has 0 saturated heterocycles. The molecule has 0 bridgehead atoms. The summed E-state index contributed by atoms with van der Waals surface area (Å²) in [5.74, 6) is 6.98. The van der Waals surface area contributed by atoms with E-state index in [2.05, 4.69) is 43.2 Å². The molecule has 0 aromatic carbocycles. The van der Waals surface area contributed by atoms with Gasteiger partial charge in [-0.15, -0.1) is 0 Å². The Kier molecular flexibility index (Phi) is 4.23. The maximum absolute atomic E-state index is 5.51. The highest BCUT2D eigenvalue weighted by molar-refractivity contribution is 4.91. The van der Waals surface area contributed by atoms with Gasteiger partial charge in [0, 0.05) is 18.5 Å².